The van der Waals surface area contributed by atoms with Gasteiger partial charge in [0.15, 0.2) is 24.6 Å². The van der Waals surface area contributed by atoms with Crippen LogP contribution in [0.4, 0.5) is 26.3 Å². The Morgan fingerprint density at radius 2 is 1.07 bits per heavy atom. The van der Waals surface area contributed by atoms with E-state index < -0.39 is 84.3 Å². The number of hydrogen-bond acceptors (Lipinski definition) is 9. The largest absolute Gasteiger partial charge is 0.469 e. The monoisotopic (exact) mass is 637 g/mol. The van der Waals surface area contributed by atoms with E-state index in [-0.39, 0.29) is 11.4 Å². The first-order chi connectivity index (χ1) is 21.1. The van der Waals surface area contributed by atoms with E-state index in [0.717, 1.165) is 9.36 Å². The minimum Gasteiger partial charge on any atom is -0.469 e. The Kier molecular flexibility index (Phi) is 9.51. The molecule has 17 heteroatoms. The number of hydrogen-bond donors (Lipinski definition) is 1. The fourth-order valence-corrected chi connectivity index (χ4v) is 3.76. The zero-order valence-electron chi connectivity index (χ0n) is 22.7. The highest BCUT2D eigenvalue weighted by atomic mass is 19.4. The molecule has 0 radical (unpaired) electrons. The van der Waals surface area contributed by atoms with Gasteiger partial charge in [-0.25, -0.2) is 9.36 Å². The molecule has 0 aliphatic heterocycles. The number of rotatable bonds is 13. The van der Waals surface area contributed by atoms with Gasteiger partial charge in [0, 0.05) is 18.6 Å². The Hall–Kier alpha value is -5.32. The molecule has 4 rings (SSSR count). The van der Waals surface area contributed by atoms with Crippen molar-refractivity contribution < 1.29 is 55.0 Å². The van der Waals surface area contributed by atoms with Crippen molar-refractivity contribution in [1.82, 2.24) is 19.6 Å². The maximum atomic E-state index is 13.2. The van der Waals surface area contributed by atoms with Crippen LogP contribution in [0.15, 0.2) is 72.8 Å². The summed E-state index contributed by atoms with van der Waals surface area (Å²) >= 11 is 0. The Balaban J connectivity index is 1.36. The molecule has 1 atom stereocenters. The third-order valence-electron chi connectivity index (χ3n) is 5.97. The highest BCUT2D eigenvalue weighted by Crippen LogP contribution is 2.33. The average molecular weight is 637 g/mol. The molecule has 236 valence electrons. The second-order valence-corrected chi connectivity index (χ2v) is 9.25. The minimum atomic E-state index is -4.85. The molecule has 0 amide bonds. The van der Waals surface area contributed by atoms with Crippen LogP contribution in [0.1, 0.15) is 17.8 Å². The van der Waals surface area contributed by atoms with Gasteiger partial charge in [-0.1, -0.05) is 36.4 Å². The summed E-state index contributed by atoms with van der Waals surface area (Å²) in [5, 5.41) is 6.87. The number of alkyl halides is 6. The Morgan fingerprint density at radius 3 is 1.47 bits per heavy atom. The Labute approximate surface area is 249 Å². The second-order valence-electron chi connectivity index (χ2n) is 9.25. The summed E-state index contributed by atoms with van der Waals surface area (Å²) in [5.74, 6) is -6.26. The zero-order chi connectivity index (χ0) is 32.9. The summed E-state index contributed by atoms with van der Waals surface area (Å²) < 4.78 is 91.1. The van der Waals surface area contributed by atoms with E-state index in [0.29, 0.717) is 12.1 Å². The van der Waals surface area contributed by atoms with Gasteiger partial charge in [-0.05, 0) is 24.3 Å². The summed E-state index contributed by atoms with van der Waals surface area (Å²) in [6.45, 7) is -2.11. The van der Waals surface area contributed by atoms with Gasteiger partial charge in [0.1, 0.15) is 0 Å². The van der Waals surface area contributed by atoms with Gasteiger partial charge in [0.05, 0.1) is 17.4 Å². The molecule has 45 heavy (non-hydrogen) atoms. The van der Waals surface area contributed by atoms with Gasteiger partial charge in [0.2, 0.25) is 34.9 Å². The standard InChI is InChI=1S/C28H21F6N5O6/c29-27(30,31)22-12-24(38(36-22)16-7-3-1-4-8-16)44-14-20(41)19(40)11-18(35)26(43)21(42)15-45-25-13-23(28(32,33)34)37-39(25)17-9-5-2-6-10-17/h1-10,12-13,18H,11,14-15,35H2. The summed E-state index contributed by atoms with van der Waals surface area (Å²) in [5.41, 5.74) is 3.29. The number of ether oxygens (including phenoxy) is 2. The smallest absolute Gasteiger partial charge is 0.435 e. The molecule has 2 N–H and O–H groups in total. The van der Waals surface area contributed by atoms with Crippen molar-refractivity contribution in [3.05, 3.63) is 84.2 Å². The van der Waals surface area contributed by atoms with E-state index in [4.69, 9.17) is 15.2 Å². The molecule has 4 aromatic rings. The third-order valence-corrected chi connectivity index (χ3v) is 5.97. The van der Waals surface area contributed by atoms with E-state index in [2.05, 4.69) is 10.2 Å². The molecular weight excluding hydrogens is 616 g/mol. The Morgan fingerprint density at radius 1 is 0.667 bits per heavy atom. The van der Waals surface area contributed by atoms with Gasteiger partial charge in [-0.15, -0.1) is 0 Å². The molecule has 2 heterocycles. The number of Topliss-reactive ketones (excluding diaryl/α,β-unsaturated/α-hetero) is 4. The van der Waals surface area contributed by atoms with Gasteiger partial charge in [0.25, 0.3) is 0 Å². The van der Waals surface area contributed by atoms with Crippen LogP contribution >= 0.6 is 0 Å². The first-order valence-corrected chi connectivity index (χ1v) is 12.7. The molecule has 0 aliphatic rings. The number of halogens is 6. The molecule has 1 unspecified atom stereocenters. The van der Waals surface area contributed by atoms with Crippen molar-refractivity contribution >= 4 is 23.1 Å². The highest BCUT2D eigenvalue weighted by molar-refractivity contribution is 6.42. The molecule has 0 aliphatic carbocycles. The topological polar surface area (TPSA) is 148 Å². The average Bonchev–Trinajstić information content (AvgIpc) is 3.64. The number of para-hydroxylation sites is 2. The van der Waals surface area contributed by atoms with Crippen LogP contribution < -0.4 is 15.2 Å². The van der Waals surface area contributed by atoms with Crippen molar-refractivity contribution in [3.8, 4) is 23.1 Å². The first kappa shape index (κ1) is 32.6. The number of nitrogens with zero attached hydrogens (tertiary/aromatic N) is 4. The predicted molar refractivity (Wildman–Crippen MR) is 141 cm³/mol. The van der Waals surface area contributed by atoms with Gasteiger partial charge < -0.3 is 15.2 Å². The number of carbonyl (C=O) groups is 4. The molecule has 2 aromatic carbocycles. The number of ketones is 4. The van der Waals surface area contributed by atoms with E-state index in [1.165, 1.54) is 48.5 Å². The number of aromatic nitrogens is 4. The summed E-state index contributed by atoms with van der Waals surface area (Å²) in [6.07, 6.45) is -10.7. The fourth-order valence-electron chi connectivity index (χ4n) is 3.76. The van der Waals surface area contributed by atoms with Crippen molar-refractivity contribution in [2.45, 2.75) is 24.8 Å². The van der Waals surface area contributed by atoms with Gasteiger partial charge in [-0.3, -0.25) is 19.2 Å². The summed E-state index contributed by atoms with van der Waals surface area (Å²) in [6, 6.07) is 14.2. The van der Waals surface area contributed by atoms with Crippen LogP contribution in [0.25, 0.3) is 11.4 Å². The fraction of sp³-hybridized carbons (Fsp3) is 0.214. The lowest BCUT2D eigenvalue weighted by Gasteiger charge is -2.11. The van der Waals surface area contributed by atoms with E-state index in [1.807, 2.05) is 0 Å². The van der Waals surface area contributed by atoms with Crippen molar-refractivity contribution in [2.75, 3.05) is 13.2 Å². The maximum absolute atomic E-state index is 13.2. The zero-order valence-corrected chi connectivity index (χ0v) is 22.7. The van der Waals surface area contributed by atoms with E-state index in [9.17, 15) is 45.5 Å². The number of benzene rings is 2. The quantitative estimate of drug-likeness (QED) is 0.172. The van der Waals surface area contributed by atoms with Crippen molar-refractivity contribution in [3.63, 3.8) is 0 Å². The van der Waals surface area contributed by atoms with Crippen LogP contribution in [-0.4, -0.2) is 61.9 Å². The summed E-state index contributed by atoms with van der Waals surface area (Å²) in [7, 11) is 0. The first-order valence-electron chi connectivity index (χ1n) is 12.7. The molecule has 0 spiro atoms. The molecule has 0 saturated carbocycles. The molecule has 0 saturated heterocycles. The van der Waals surface area contributed by atoms with Crippen LogP contribution in [0.2, 0.25) is 0 Å². The van der Waals surface area contributed by atoms with Crippen LogP contribution in [0, 0.1) is 0 Å². The number of carbonyl (C=O) groups excluding carboxylic acids is 4. The van der Waals surface area contributed by atoms with Crippen LogP contribution in [-0.2, 0) is 31.5 Å². The van der Waals surface area contributed by atoms with Crippen molar-refractivity contribution in [2.24, 2.45) is 5.73 Å². The lowest BCUT2D eigenvalue weighted by molar-refractivity contribution is -0.142. The third kappa shape index (κ3) is 7.99. The Bertz CT molecular complexity index is 1700. The van der Waals surface area contributed by atoms with Gasteiger partial charge in [-0.2, -0.15) is 36.5 Å². The van der Waals surface area contributed by atoms with Gasteiger partial charge >= 0.3 is 12.4 Å². The minimum absolute atomic E-state index is 0.159. The van der Waals surface area contributed by atoms with Crippen molar-refractivity contribution in [1.29, 1.82) is 0 Å². The maximum Gasteiger partial charge on any atom is 0.435 e. The molecule has 0 bridgehead atoms. The van der Waals surface area contributed by atoms with Crippen LogP contribution in [0.3, 0.4) is 0 Å². The van der Waals surface area contributed by atoms with Crippen LogP contribution in [0.5, 0.6) is 11.8 Å². The molecule has 11 nitrogen and oxygen atoms in total. The molecule has 2 aromatic heterocycles. The SMILES string of the molecule is NC(CC(=O)C(=O)COc1cc(C(F)(F)F)nn1-c1ccccc1)C(=O)C(=O)COc1cc(C(F)(F)F)nn1-c1ccccc1. The van der Waals surface area contributed by atoms with E-state index in [1.54, 1.807) is 12.1 Å². The lowest BCUT2D eigenvalue weighted by atomic mass is 10.0. The molecular formula is C28H21F6N5O6. The second kappa shape index (κ2) is 13.1. The molecule has 0 fully saturated rings. The number of nitrogens with two attached hydrogens (primary N) is 1. The highest BCUT2D eigenvalue weighted by Gasteiger charge is 2.37. The summed E-state index contributed by atoms with van der Waals surface area (Å²) in [4.78, 5) is 49.6. The predicted octanol–water partition coefficient (Wildman–Crippen LogP) is 3.55. The van der Waals surface area contributed by atoms with E-state index >= 15 is 0 Å². The normalized spacial score (nSPS) is 12.4. The lowest BCUT2D eigenvalue weighted by Crippen LogP contribution is -2.41.